The molecule has 0 aliphatic carbocycles. The van der Waals surface area contributed by atoms with Crippen molar-refractivity contribution in [2.24, 2.45) is 4.99 Å². The maximum Gasteiger partial charge on any atom is 0.422 e. The number of rotatable bonds is 5. The lowest BCUT2D eigenvalue weighted by atomic mass is 9.96. The summed E-state index contributed by atoms with van der Waals surface area (Å²) in [5.74, 6) is 0.851. The van der Waals surface area contributed by atoms with Crippen LogP contribution < -0.4 is 15.4 Å². The van der Waals surface area contributed by atoms with Gasteiger partial charge in [-0.1, -0.05) is 12.1 Å². The van der Waals surface area contributed by atoms with Gasteiger partial charge in [0.1, 0.15) is 5.75 Å². The molecular formula is C17H22F3N3O2. The van der Waals surface area contributed by atoms with Crippen molar-refractivity contribution >= 4 is 5.96 Å². The second kappa shape index (κ2) is 7.51. The van der Waals surface area contributed by atoms with Crippen LogP contribution in [0.25, 0.3) is 0 Å². The molecule has 2 aliphatic rings. The summed E-state index contributed by atoms with van der Waals surface area (Å²) in [6, 6.07) is 6.84. The number of halogens is 3. The molecule has 2 saturated heterocycles. The molecule has 2 bridgehead atoms. The maximum absolute atomic E-state index is 12.2. The van der Waals surface area contributed by atoms with E-state index in [4.69, 9.17) is 9.47 Å². The SMILES string of the molecule is CN=C(NCc1cccc(OCC(F)(F)F)c1)NC1CC2CCC1O2. The summed E-state index contributed by atoms with van der Waals surface area (Å²) >= 11 is 0. The minimum atomic E-state index is -4.34. The molecule has 2 heterocycles. The summed E-state index contributed by atoms with van der Waals surface area (Å²) in [5.41, 5.74) is 0.812. The number of ether oxygens (including phenoxy) is 2. The number of hydrogen-bond donors (Lipinski definition) is 2. The Hall–Kier alpha value is -1.96. The van der Waals surface area contributed by atoms with Gasteiger partial charge in [0.2, 0.25) is 0 Å². The summed E-state index contributed by atoms with van der Waals surface area (Å²) < 4.78 is 47.3. The van der Waals surface area contributed by atoms with Crippen molar-refractivity contribution in [1.29, 1.82) is 0 Å². The van der Waals surface area contributed by atoms with Gasteiger partial charge in [0.25, 0.3) is 0 Å². The molecule has 138 valence electrons. The van der Waals surface area contributed by atoms with Crippen LogP contribution in [-0.4, -0.2) is 44.0 Å². The summed E-state index contributed by atoms with van der Waals surface area (Å²) in [7, 11) is 1.69. The fourth-order valence-corrected chi connectivity index (χ4v) is 3.26. The average molecular weight is 357 g/mol. The quantitative estimate of drug-likeness (QED) is 0.628. The van der Waals surface area contributed by atoms with Crippen molar-refractivity contribution < 1.29 is 22.6 Å². The molecule has 3 atom stereocenters. The van der Waals surface area contributed by atoms with E-state index in [2.05, 4.69) is 15.6 Å². The van der Waals surface area contributed by atoms with Crippen LogP contribution in [-0.2, 0) is 11.3 Å². The Balaban J connectivity index is 1.50. The Morgan fingerprint density at radius 1 is 1.36 bits per heavy atom. The topological polar surface area (TPSA) is 54.9 Å². The predicted molar refractivity (Wildman–Crippen MR) is 87.6 cm³/mol. The van der Waals surface area contributed by atoms with Gasteiger partial charge in [-0.25, -0.2) is 0 Å². The van der Waals surface area contributed by atoms with Crippen LogP contribution in [0.1, 0.15) is 24.8 Å². The lowest BCUT2D eigenvalue weighted by Crippen LogP contribution is -2.47. The molecule has 1 aromatic rings. The number of hydrogen-bond acceptors (Lipinski definition) is 3. The highest BCUT2D eigenvalue weighted by atomic mass is 19.4. The highest BCUT2D eigenvalue weighted by molar-refractivity contribution is 5.80. The van der Waals surface area contributed by atoms with Crippen LogP contribution in [0.5, 0.6) is 5.75 Å². The third kappa shape index (κ3) is 5.01. The van der Waals surface area contributed by atoms with Gasteiger partial charge in [-0.3, -0.25) is 4.99 Å². The van der Waals surface area contributed by atoms with Crippen molar-refractivity contribution in [2.75, 3.05) is 13.7 Å². The maximum atomic E-state index is 12.2. The van der Waals surface area contributed by atoms with Crippen molar-refractivity contribution in [2.45, 2.75) is 50.2 Å². The Morgan fingerprint density at radius 3 is 2.84 bits per heavy atom. The van der Waals surface area contributed by atoms with E-state index in [0.717, 1.165) is 24.8 Å². The molecule has 3 rings (SSSR count). The van der Waals surface area contributed by atoms with Gasteiger partial charge >= 0.3 is 6.18 Å². The van der Waals surface area contributed by atoms with Gasteiger partial charge < -0.3 is 20.1 Å². The van der Waals surface area contributed by atoms with Crippen LogP contribution in [0.4, 0.5) is 13.2 Å². The molecule has 25 heavy (non-hydrogen) atoms. The van der Waals surface area contributed by atoms with Crippen molar-refractivity contribution in [1.82, 2.24) is 10.6 Å². The zero-order chi connectivity index (χ0) is 17.9. The first-order valence-electron chi connectivity index (χ1n) is 8.34. The van der Waals surface area contributed by atoms with Crippen molar-refractivity contribution in [3.8, 4) is 5.75 Å². The summed E-state index contributed by atoms with van der Waals surface area (Å²) in [4.78, 5) is 4.20. The van der Waals surface area contributed by atoms with E-state index >= 15 is 0 Å². The number of benzene rings is 1. The third-order valence-corrected chi connectivity index (χ3v) is 4.41. The summed E-state index contributed by atoms with van der Waals surface area (Å²) in [6.45, 7) is -0.859. The van der Waals surface area contributed by atoms with Gasteiger partial charge in [0, 0.05) is 13.6 Å². The second-order valence-corrected chi connectivity index (χ2v) is 6.34. The van der Waals surface area contributed by atoms with Gasteiger partial charge in [0.15, 0.2) is 12.6 Å². The first-order valence-corrected chi connectivity index (χ1v) is 8.34. The monoisotopic (exact) mass is 357 g/mol. The molecule has 1 aromatic carbocycles. The van der Waals surface area contributed by atoms with E-state index in [1.807, 2.05) is 6.07 Å². The van der Waals surface area contributed by atoms with Gasteiger partial charge in [-0.2, -0.15) is 13.2 Å². The van der Waals surface area contributed by atoms with E-state index in [-0.39, 0.29) is 17.9 Å². The molecule has 8 heteroatoms. The molecule has 2 aliphatic heterocycles. The van der Waals surface area contributed by atoms with Crippen LogP contribution in [0.2, 0.25) is 0 Å². The van der Waals surface area contributed by atoms with E-state index in [1.54, 1.807) is 19.2 Å². The molecular weight excluding hydrogens is 335 g/mol. The van der Waals surface area contributed by atoms with Crippen molar-refractivity contribution in [3.05, 3.63) is 29.8 Å². The number of guanidine groups is 1. The fraction of sp³-hybridized carbons (Fsp3) is 0.588. The largest absolute Gasteiger partial charge is 0.484 e. The number of alkyl halides is 3. The first-order chi connectivity index (χ1) is 11.9. The van der Waals surface area contributed by atoms with E-state index in [0.29, 0.717) is 18.6 Å². The van der Waals surface area contributed by atoms with E-state index < -0.39 is 12.8 Å². The Bertz CT molecular complexity index is 621. The molecule has 0 saturated carbocycles. The minimum absolute atomic E-state index is 0.195. The van der Waals surface area contributed by atoms with Crippen molar-refractivity contribution in [3.63, 3.8) is 0 Å². The number of aliphatic imine (C=N–C) groups is 1. The molecule has 2 fully saturated rings. The predicted octanol–water partition coefficient (Wildman–Crippen LogP) is 2.61. The summed E-state index contributed by atoms with van der Waals surface area (Å²) in [5, 5.41) is 6.54. The normalized spacial score (nSPS) is 25.9. The highest BCUT2D eigenvalue weighted by Gasteiger charge is 2.41. The van der Waals surface area contributed by atoms with Gasteiger partial charge in [0.05, 0.1) is 18.2 Å². The second-order valence-electron chi connectivity index (χ2n) is 6.34. The number of nitrogens with one attached hydrogen (secondary N) is 2. The highest BCUT2D eigenvalue weighted by Crippen LogP contribution is 2.34. The number of nitrogens with zero attached hydrogens (tertiary/aromatic N) is 1. The first kappa shape index (κ1) is 17.8. The standard InChI is InChI=1S/C17H22F3N3O2/c1-21-16(23-14-8-13-5-6-15(14)25-13)22-9-11-3-2-4-12(7-11)24-10-17(18,19)20/h2-4,7,13-15H,5-6,8-10H2,1H3,(H2,21,22,23). The van der Waals surface area contributed by atoms with Crippen LogP contribution >= 0.6 is 0 Å². The average Bonchev–Trinajstić information content (AvgIpc) is 3.19. The molecule has 2 N–H and O–H groups in total. The smallest absolute Gasteiger partial charge is 0.422 e. The Labute approximate surface area is 144 Å². The molecule has 0 amide bonds. The fourth-order valence-electron chi connectivity index (χ4n) is 3.26. The molecule has 0 spiro atoms. The zero-order valence-corrected chi connectivity index (χ0v) is 14.0. The van der Waals surface area contributed by atoms with Crippen LogP contribution in [0.3, 0.4) is 0 Å². The molecule has 5 nitrogen and oxygen atoms in total. The van der Waals surface area contributed by atoms with E-state index in [1.165, 1.54) is 6.07 Å². The molecule has 3 unspecified atom stereocenters. The van der Waals surface area contributed by atoms with Gasteiger partial charge in [-0.15, -0.1) is 0 Å². The molecule has 0 radical (unpaired) electrons. The third-order valence-electron chi connectivity index (χ3n) is 4.41. The number of fused-ring (bicyclic) bond motifs is 2. The molecule has 0 aromatic heterocycles. The Kier molecular flexibility index (Phi) is 5.36. The van der Waals surface area contributed by atoms with Gasteiger partial charge in [-0.05, 0) is 37.0 Å². The zero-order valence-electron chi connectivity index (χ0n) is 14.0. The summed E-state index contributed by atoms with van der Waals surface area (Å²) in [6.07, 6.45) is -0.585. The van der Waals surface area contributed by atoms with E-state index in [9.17, 15) is 13.2 Å². The minimum Gasteiger partial charge on any atom is -0.484 e. The lowest BCUT2D eigenvalue weighted by Gasteiger charge is -2.22. The Morgan fingerprint density at radius 2 is 2.20 bits per heavy atom. The lowest BCUT2D eigenvalue weighted by molar-refractivity contribution is -0.153. The van der Waals surface area contributed by atoms with Crippen LogP contribution in [0.15, 0.2) is 29.3 Å². The van der Waals surface area contributed by atoms with Crippen LogP contribution in [0, 0.1) is 0 Å².